The third-order valence-corrected chi connectivity index (χ3v) is 4.11. The maximum Gasteiger partial charge on any atom is 0.168 e. The molecule has 1 fully saturated rings. The van der Waals surface area contributed by atoms with E-state index in [2.05, 4.69) is 0 Å². The molecule has 1 aliphatic rings. The first kappa shape index (κ1) is 10.8. The normalized spacial score (nSPS) is 20.5. The molecule has 0 aliphatic carbocycles. The molecule has 4 heteroatoms. The maximum absolute atomic E-state index is 12.1. The third kappa shape index (κ3) is 2.13. The predicted octanol–water partition coefficient (Wildman–Crippen LogP) is 2.86. The van der Waals surface area contributed by atoms with Crippen molar-refractivity contribution in [2.24, 2.45) is 5.92 Å². The summed E-state index contributed by atoms with van der Waals surface area (Å²) in [6.07, 6.45) is 0.954. The number of hydrogen-bond acceptors (Lipinski definition) is 3. The van der Waals surface area contributed by atoms with Crippen LogP contribution in [0.5, 0.6) is 0 Å². The highest BCUT2D eigenvalue weighted by Crippen LogP contribution is 2.30. The van der Waals surface area contributed by atoms with Gasteiger partial charge in [-0.15, -0.1) is 0 Å². The highest BCUT2D eigenvalue weighted by atomic mass is 35.5. The van der Waals surface area contributed by atoms with Crippen LogP contribution >= 0.6 is 23.4 Å². The zero-order chi connectivity index (χ0) is 10.8. The van der Waals surface area contributed by atoms with Crippen molar-refractivity contribution in [1.29, 1.82) is 0 Å². The van der Waals surface area contributed by atoms with Crippen LogP contribution in [0.1, 0.15) is 16.8 Å². The molecule has 1 aliphatic heterocycles. The predicted molar refractivity (Wildman–Crippen MR) is 65.6 cm³/mol. The van der Waals surface area contributed by atoms with Gasteiger partial charge in [0, 0.05) is 17.2 Å². The summed E-state index contributed by atoms with van der Waals surface area (Å²) in [6, 6.07) is 5.23. The van der Waals surface area contributed by atoms with Crippen LogP contribution in [-0.2, 0) is 0 Å². The van der Waals surface area contributed by atoms with E-state index in [0.29, 0.717) is 16.3 Å². The van der Waals surface area contributed by atoms with Gasteiger partial charge >= 0.3 is 0 Å². The monoisotopic (exact) mass is 241 g/mol. The second kappa shape index (κ2) is 4.45. The largest absolute Gasteiger partial charge is 0.397 e. The molecule has 0 amide bonds. The molecule has 1 saturated heterocycles. The van der Waals surface area contributed by atoms with Crippen molar-refractivity contribution >= 4 is 34.8 Å². The molecule has 2 N–H and O–H groups in total. The van der Waals surface area contributed by atoms with E-state index in [1.54, 1.807) is 18.2 Å². The number of anilines is 1. The van der Waals surface area contributed by atoms with Gasteiger partial charge in [0.05, 0.1) is 10.7 Å². The minimum Gasteiger partial charge on any atom is -0.397 e. The second-order valence-corrected chi connectivity index (χ2v) is 5.18. The first-order valence-corrected chi connectivity index (χ1v) is 6.39. The SMILES string of the molecule is Nc1c(Cl)cccc1C(=O)C1CCSC1. The van der Waals surface area contributed by atoms with Gasteiger partial charge < -0.3 is 5.73 Å². The lowest BCUT2D eigenvalue weighted by Gasteiger charge is -2.10. The van der Waals surface area contributed by atoms with Gasteiger partial charge in [0.1, 0.15) is 0 Å². The van der Waals surface area contributed by atoms with Gasteiger partial charge in [0.25, 0.3) is 0 Å². The summed E-state index contributed by atoms with van der Waals surface area (Å²) in [5, 5.41) is 0.464. The van der Waals surface area contributed by atoms with Crippen molar-refractivity contribution in [2.45, 2.75) is 6.42 Å². The molecule has 2 nitrogen and oxygen atoms in total. The lowest BCUT2D eigenvalue weighted by Crippen LogP contribution is -2.15. The van der Waals surface area contributed by atoms with Crippen LogP contribution in [0.3, 0.4) is 0 Å². The third-order valence-electron chi connectivity index (χ3n) is 2.62. The topological polar surface area (TPSA) is 43.1 Å². The smallest absolute Gasteiger partial charge is 0.168 e. The number of halogens is 1. The Bertz CT molecular complexity index is 388. The van der Waals surface area contributed by atoms with E-state index in [1.807, 2.05) is 11.8 Å². The summed E-state index contributed by atoms with van der Waals surface area (Å²) < 4.78 is 0. The van der Waals surface area contributed by atoms with Gasteiger partial charge in [-0.2, -0.15) is 11.8 Å². The van der Waals surface area contributed by atoms with Crippen molar-refractivity contribution in [1.82, 2.24) is 0 Å². The van der Waals surface area contributed by atoms with Gasteiger partial charge in [0.15, 0.2) is 5.78 Å². The number of Topliss-reactive ketones (excluding diaryl/α,β-unsaturated/α-hetero) is 1. The van der Waals surface area contributed by atoms with Crippen molar-refractivity contribution in [3.05, 3.63) is 28.8 Å². The summed E-state index contributed by atoms with van der Waals surface area (Å²) in [5.74, 6) is 2.23. The van der Waals surface area contributed by atoms with Crippen molar-refractivity contribution < 1.29 is 4.79 Å². The number of carbonyl (C=O) groups is 1. The molecule has 0 aromatic heterocycles. The Balaban J connectivity index is 2.28. The van der Waals surface area contributed by atoms with Crippen LogP contribution in [0.2, 0.25) is 5.02 Å². The maximum atomic E-state index is 12.1. The number of ketones is 1. The number of nitrogen functional groups attached to an aromatic ring is 1. The van der Waals surface area contributed by atoms with Gasteiger partial charge in [-0.05, 0) is 24.3 Å². The molecule has 2 rings (SSSR count). The Hall–Kier alpha value is -0.670. The van der Waals surface area contributed by atoms with E-state index in [4.69, 9.17) is 17.3 Å². The van der Waals surface area contributed by atoms with Gasteiger partial charge in [-0.25, -0.2) is 0 Å². The summed E-state index contributed by atoms with van der Waals surface area (Å²) in [6.45, 7) is 0. The molecule has 1 atom stereocenters. The van der Waals surface area contributed by atoms with Gasteiger partial charge in [-0.1, -0.05) is 17.7 Å². The lowest BCUT2D eigenvalue weighted by molar-refractivity contribution is 0.0934. The second-order valence-electron chi connectivity index (χ2n) is 3.63. The summed E-state index contributed by atoms with van der Waals surface area (Å²) in [7, 11) is 0. The van der Waals surface area contributed by atoms with Crippen LogP contribution in [0.15, 0.2) is 18.2 Å². The zero-order valence-electron chi connectivity index (χ0n) is 8.20. The number of carbonyl (C=O) groups excluding carboxylic acids is 1. The standard InChI is InChI=1S/C11H12ClNOS/c12-9-3-1-2-8(10(9)13)11(14)7-4-5-15-6-7/h1-3,7H,4-6,13H2. The average molecular weight is 242 g/mol. The van der Waals surface area contributed by atoms with E-state index in [0.717, 1.165) is 17.9 Å². The summed E-state index contributed by atoms with van der Waals surface area (Å²) in [5.41, 5.74) is 6.79. The van der Waals surface area contributed by atoms with Gasteiger partial charge in [0.2, 0.25) is 0 Å². The number of para-hydroxylation sites is 1. The van der Waals surface area contributed by atoms with E-state index in [1.165, 1.54) is 0 Å². The number of rotatable bonds is 2. The van der Waals surface area contributed by atoms with Crippen molar-refractivity contribution in [3.8, 4) is 0 Å². The fraction of sp³-hybridized carbons (Fsp3) is 0.364. The molecule has 0 spiro atoms. The molecule has 0 radical (unpaired) electrons. The van der Waals surface area contributed by atoms with Crippen LogP contribution in [-0.4, -0.2) is 17.3 Å². The first-order chi connectivity index (χ1) is 7.20. The van der Waals surface area contributed by atoms with E-state index in [-0.39, 0.29) is 11.7 Å². The lowest BCUT2D eigenvalue weighted by atomic mass is 9.96. The number of hydrogen-bond donors (Lipinski definition) is 1. The molecular weight excluding hydrogens is 230 g/mol. The average Bonchev–Trinajstić information content (AvgIpc) is 2.74. The highest BCUT2D eigenvalue weighted by Gasteiger charge is 2.25. The van der Waals surface area contributed by atoms with Crippen LogP contribution in [0.4, 0.5) is 5.69 Å². The molecule has 1 heterocycles. The molecule has 0 bridgehead atoms. The Morgan fingerprint density at radius 1 is 1.53 bits per heavy atom. The Labute approximate surface area is 98.2 Å². The molecule has 15 heavy (non-hydrogen) atoms. The Kier molecular flexibility index (Phi) is 3.22. The molecule has 80 valence electrons. The molecule has 1 aromatic carbocycles. The fourth-order valence-corrected chi connectivity index (χ4v) is 3.11. The number of nitrogens with two attached hydrogens (primary N) is 1. The molecule has 1 aromatic rings. The molecule has 0 saturated carbocycles. The number of benzene rings is 1. The summed E-state index contributed by atoms with van der Waals surface area (Å²) in [4.78, 5) is 12.1. The Morgan fingerprint density at radius 3 is 3.00 bits per heavy atom. The highest BCUT2D eigenvalue weighted by molar-refractivity contribution is 7.99. The zero-order valence-corrected chi connectivity index (χ0v) is 9.77. The first-order valence-electron chi connectivity index (χ1n) is 4.86. The van der Waals surface area contributed by atoms with E-state index in [9.17, 15) is 4.79 Å². The quantitative estimate of drug-likeness (QED) is 0.640. The molecule has 1 unspecified atom stereocenters. The van der Waals surface area contributed by atoms with Crippen molar-refractivity contribution in [2.75, 3.05) is 17.2 Å². The van der Waals surface area contributed by atoms with E-state index < -0.39 is 0 Å². The summed E-state index contributed by atoms with van der Waals surface area (Å²) >= 11 is 7.70. The van der Waals surface area contributed by atoms with Gasteiger partial charge in [-0.3, -0.25) is 4.79 Å². The molecular formula is C11H12ClNOS. The number of thioether (sulfide) groups is 1. The Morgan fingerprint density at radius 2 is 2.33 bits per heavy atom. The van der Waals surface area contributed by atoms with E-state index >= 15 is 0 Å². The minimum atomic E-state index is 0.121. The van der Waals surface area contributed by atoms with Crippen molar-refractivity contribution in [3.63, 3.8) is 0 Å². The van der Waals surface area contributed by atoms with Crippen LogP contribution in [0.25, 0.3) is 0 Å². The minimum absolute atomic E-state index is 0.121. The van der Waals surface area contributed by atoms with Crippen LogP contribution in [0, 0.1) is 5.92 Å². The van der Waals surface area contributed by atoms with Crippen LogP contribution < -0.4 is 5.73 Å². The fourth-order valence-electron chi connectivity index (χ4n) is 1.71.